The highest BCUT2D eigenvalue weighted by Gasteiger charge is 2.01. The van der Waals surface area contributed by atoms with Gasteiger partial charge in [0.2, 0.25) is 0 Å². The van der Waals surface area contributed by atoms with E-state index < -0.39 is 0 Å². The van der Waals surface area contributed by atoms with Gasteiger partial charge in [0.1, 0.15) is 5.84 Å². The summed E-state index contributed by atoms with van der Waals surface area (Å²) in [6.45, 7) is 4.08. The maximum atomic E-state index is 6.03. The van der Waals surface area contributed by atoms with Crippen molar-refractivity contribution in [1.82, 2.24) is 0 Å². The molecule has 0 radical (unpaired) electrons. The van der Waals surface area contributed by atoms with E-state index in [1.165, 1.54) is 5.56 Å². The molecule has 0 saturated heterocycles. The molecule has 18 heavy (non-hydrogen) atoms. The molecule has 0 fully saturated rings. The Morgan fingerprint density at radius 3 is 2.39 bits per heavy atom. The minimum atomic E-state index is 0. The third-order valence-corrected chi connectivity index (χ3v) is 2.67. The molecule has 0 aromatic heterocycles. The minimum absolute atomic E-state index is 0. The van der Waals surface area contributed by atoms with E-state index in [0.717, 1.165) is 16.8 Å². The molecule has 2 aromatic rings. The molecule has 2 rings (SSSR count). The minimum Gasteiger partial charge on any atom is -0.383 e. The maximum Gasteiger partial charge on any atom is 0.131 e. The van der Waals surface area contributed by atoms with E-state index in [1.807, 2.05) is 62.4 Å². The Kier molecular flexibility index (Phi) is 4.93. The summed E-state index contributed by atoms with van der Waals surface area (Å²) in [6, 6.07) is 16.0. The monoisotopic (exact) mass is 260 g/mol. The number of aliphatic imine (C=N–C) groups is 1. The number of amidine groups is 1. The third kappa shape index (κ3) is 3.34. The molecule has 94 valence electrons. The highest BCUT2D eigenvalue weighted by atomic mass is 35.5. The van der Waals surface area contributed by atoms with Gasteiger partial charge < -0.3 is 5.73 Å². The first-order valence-corrected chi connectivity index (χ1v) is 5.63. The Morgan fingerprint density at radius 1 is 1.00 bits per heavy atom. The number of aryl methyl sites for hydroxylation is 2. The second-order valence-corrected chi connectivity index (χ2v) is 4.15. The lowest BCUT2D eigenvalue weighted by Gasteiger charge is -2.05. The molecule has 0 spiro atoms. The average molecular weight is 261 g/mol. The fourth-order valence-corrected chi connectivity index (χ4v) is 1.76. The van der Waals surface area contributed by atoms with Crippen LogP contribution in [0.2, 0.25) is 0 Å². The lowest BCUT2D eigenvalue weighted by molar-refractivity contribution is 1.37. The Hall–Kier alpha value is -1.80. The van der Waals surface area contributed by atoms with Gasteiger partial charge in [-0.2, -0.15) is 0 Å². The van der Waals surface area contributed by atoms with Crippen molar-refractivity contribution in [3.05, 3.63) is 65.2 Å². The fourth-order valence-electron chi connectivity index (χ4n) is 1.76. The van der Waals surface area contributed by atoms with Gasteiger partial charge in [0, 0.05) is 5.56 Å². The molecule has 3 heteroatoms. The predicted octanol–water partition coefficient (Wildman–Crippen LogP) is 3.76. The van der Waals surface area contributed by atoms with Crippen molar-refractivity contribution >= 4 is 23.9 Å². The molecular formula is C15H17ClN2. The zero-order chi connectivity index (χ0) is 12.3. The summed E-state index contributed by atoms with van der Waals surface area (Å²) in [7, 11) is 0. The Balaban J connectivity index is 0.00000162. The van der Waals surface area contributed by atoms with E-state index >= 15 is 0 Å². The zero-order valence-electron chi connectivity index (χ0n) is 10.6. The van der Waals surface area contributed by atoms with Gasteiger partial charge in [-0.15, -0.1) is 12.4 Å². The summed E-state index contributed by atoms with van der Waals surface area (Å²) in [5, 5.41) is 0. The van der Waals surface area contributed by atoms with Crippen molar-refractivity contribution in [2.45, 2.75) is 13.8 Å². The topological polar surface area (TPSA) is 38.4 Å². The maximum absolute atomic E-state index is 6.03. The number of rotatable bonds is 2. The van der Waals surface area contributed by atoms with Gasteiger partial charge in [-0.05, 0) is 37.1 Å². The SMILES string of the molecule is Cc1cccc(N=C(N)c2ccccc2C)c1.Cl. The van der Waals surface area contributed by atoms with Gasteiger partial charge in [-0.3, -0.25) is 0 Å². The van der Waals surface area contributed by atoms with Gasteiger partial charge in [0.05, 0.1) is 5.69 Å². The lowest BCUT2D eigenvalue weighted by atomic mass is 10.1. The van der Waals surface area contributed by atoms with Crippen LogP contribution in [-0.4, -0.2) is 5.84 Å². The first-order chi connectivity index (χ1) is 8.16. The van der Waals surface area contributed by atoms with Crippen LogP contribution in [0.15, 0.2) is 53.5 Å². The number of halogens is 1. The Labute approximate surface area is 114 Å². The summed E-state index contributed by atoms with van der Waals surface area (Å²) in [5.74, 6) is 0.564. The van der Waals surface area contributed by atoms with Crippen LogP contribution in [0.25, 0.3) is 0 Å². The average Bonchev–Trinajstić information content (AvgIpc) is 2.29. The molecule has 2 N–H and O–H groups in total. The summed E-state index contributed by atoms with van der Waals surface area (Å²) in [5.41, 5.74) is 10.2. The van der Waals surface area contributed by atoms with Crippen LogP contribution in [-0.2, 0) is 0 Å². The summed E-state index contributed by atoms with van der Waals surface area (Å²) in [4.78, 5) is 4.45. The molecule has 0 amide bonds. The van der Waals surface area contributed by atoms with Gasteiger partial charge >= 0.3 is 0 Å². The summed E-state index contributed by atoms with van der Waals surface area (Å²) < 4.78 is 0. The predicted molar refractivity (Wildman–Crippen MR) is 80.0 cm³/mol. The number of benzene rings is 2. The molecule has 0 heterocycles. The van der Waals surface area contributed by atoms with Crippen LogP contribution < -0.4 is 5.73 Å². The summed E-state index contributed by atoms with van der Waals surface area (Å²) >= 11 is 0. The first kappa shape index (κ1) is 14.3. The van der Waals surface area contributed by atoms with Gasteiger partial charge in [0.15, 0.2) is 0 Å². The van der Waals surface area contributed by atoms with Crippen LogP contribution in [0.3, 0.4) is 0 Å². The zero-order valence-corrected chi connectivity index (χ0v) is 11.4. The van der Waals surface area contributed by atoms with Gasteiger partial charge in [-0.1, -0.05) is 36.4 Å². The van der Waals surface area contributed by atoms with E-state index in [2.05, 4.69) is 4.99 Å². The molecule has 0 bridgehead atoms. The molecule has 0 atom stereocenters. The molecule has 2 nitrogen and oxygen atoms in total. The molecule has 0 aliphatic rings. The first-order valence-electron chi connectivity index (χ1n) is 5.63. The van der Waals surface area contributed by atoms with Gasteiger partial charge in [0.25, 0.3) is 0 Å². The number of nitrogens with two attached hydrogens (primary N) is 1. The molecule has 0 unspecified atom stereocenters. The van der Waals surface area contributed by atoms with Crippen molar-refractivity contribution < 1.29 is 0 Å². The molecular weight excluding hydrogens is 244 g/mol. The fraction of sp³-hybridized carbons (Fsp3) is 0.133. The highest BCUT2D eigenvalue weighted by Crippen LogP contribution is 2.15. The van der Waals surface area contributed by atoms with E-state index in [-0.39, 0.29) is 12.4 Å². The smallest absolute Gasteiger partial charge is 0.131 e. The standard InChI is InChI=1S/C15H16N2.ClH/c1-11-6-5-8-13(10-11)17-15(16)14-9-4-3-7-12(14)2;/h3-10H,1-2H3,(H2,16,17);1H. The van der Waals surface area contributed by atoms with Crippen molar-refractivity contribution in [3.8, 4) is 0 Å². The van der Waals surface area contributed by atoms with E-state index in [9.17, 15) is 0 Å². The van der Waals surface area contributed by atoms with Crippen molar-refractivity contribution in [3.63, 3.8) is 0 Å². The van der Waals surface area contributed by atoms with Crippen LogP contribution in [0.4, 0.5) is 5.69 Å². The number of hydrogen-bond acceptors (Lipinski definition) is 1. The van der Waals surface area contributed by atoms with E-state index in [4.69, 9.17) is 5.73 Å². The Morgan fingerprint density at radius 2 is 1.72 bits per heavy atom. The molecule has 0 saturated carbocycles. The van der Waals surface area contributed by atoms with Crippen molar-refractivity contribution in [2.24, 2.45) is 10.7 Å². The van der Waals surface area contributed by atoms with Gasteiger partial charge in [-0.25, -0.2) is 4.99 Å². The largest absolute Gasteiger partial charge is 0.383 e. The van der Waals surface area contributed by atoms with Crippen molar-refractivity contribution in [1.29, 1.82) is 0 Å². The molecule has 0 aliphatic heterocycles. The summed E-state index contributed by atoms with van der Waals surface area (Å²) in [6.07, 6.45) is 0. The second-order valence-electron chi connectivity index (χ2n) is 4.15. The molecule has 0 aliphatic carbocycles. The third-order valence-electron chi connectivity index (χ3n) is 2.67. The lowest BCUT2D eigenvalue weighted by Crippen LogP contribution is -2.14. The number of nitrogens with zero attached hydrogens (tertiary/aromatic N) is 1. The second kappa shape index (κ2) is 6.22. The normalized spacial score (nSPS) is 10.9. The Bertz CT molecular complexity index is 562. The van der Waals surface area contributed by atoms with Crippen LogP contribution in [0, 0.1) is 13.8 Å². The molecule has 2 aromatic carbocycles. The quantitative estimate of drug-likeness (QED) is 0.648. The van der Waals surface area contributed by atoms with E-state index in [1.54, 1.807) is 0 Å². The van der Waals surface area contributed by atoms with Crippen LogP contribution in [0.5, 0.6) is 0 Å². The highest BCUT2D eigenvalue weighted by molar-refractivity contribution is 6.00. The van der Waals surface area contributed by atoms with Crippen LogP contribution in [0.1, 0.15) is 16.7 Å². The van der Waals surface area contributed by atoms with E-state index in [0.29, 0.717) is 5.84 Å². The van der Waals surface area contributed by atoms with Crippen LogP contribution >= 0.6 is 12.4 Å². The van der Waals surface area contributed by atoms with Crippen molar-refractivity contribution in [2.75, 3.05) is 0 Å². The number of hydrogen-bond donors (Lipinski definition) is 1.